The molecule has 5 N–H and O–H groups in total. The monoisotopic (exact) mass is 923 g/mol. The minimum atomic E-state index is -3.62. The number of urea groups is 1. The number of ether oxygens (including phenoxy) is 2. The zero-order valence-electron chi connectivity index (χ0n) is 38.0. The van der Waals surface area contributed by atoms with E-state index in [2.05, 4.69) is 21.3 Å². The van der Waals surface area contributed by atoms with Crippen LogP contribution in [0.1, 0.15) is 125 Å². The number of benzene rings is 1. The van der Waals surface area contributed by atoms with E-state index in [1.54, 1.807) is 46.1 Å². The fraction of sp³-hybridized carbons (Fsp3) is 0.652. The van der Waals surface area contributed by atoms with Gasteiger partial charge < -0.3 is 40.7 Å². The molecule has 18 heteroatoms. The first-order valence-corrected chi connectivity index (χ1v) is 25.4. The highest BCUT2D eigenvalue weighted by Gasteiger charge is 2.62. The third-order valence-electron chi connectivity index (χ3n) is 13.4. The van der Waals surface area contributed by atoms with Crippen LogP contribution in [0, 0.1) is 5.92 Å². The molecule has 4 amide bonds. The number of methoxy groups -OCH3 is 1. The maximum atomic E-state index is 15.0. The van der Waals surface area contributed by atoms with E-state index in [4.69, 9.17) is 19.4 Å². The van der Waals surface area contributed by atoms with Crippen LogP contribution in [-0.2, 0) is 24.2 Å². The van der Waals surface area contributed by atoms with Gasteiger partial charge in [-0.25, -0.2) is 28.0 Å². The molecule has 4 fully saturated rings. The molecule has 1 aromatic carbocycles. The smallest absolute Gasteiger partial charge is 0.329 e. The number of carboxylic acid groups (broad SMARTS) is 1. The van der Waals surface area contributed by atoms with E-state index >= 15 is 0 Å². The Kier molecular flexibility index (Phi) is 14.0. The van der Waals surface area contributed by atoms with Gasteiger partial charge in [-0.2, -0.15) is 0 Å². The van der Waals surface area contributed by atoms with Crippen molar-refractivity contribution in [2.24, 2.45) is 5.92 Å². The lowest BCUT2D eigenvalue weighted by Crippen LogP contribution is -2.61. The zero-order valence-corrected chi connectivity index (χ0v) is 39.6. The van der Waals surface area contributed by atoms with Gasteiger partial charge in [0.2, 0.25) is 11.8 Å². The number of thiazole rings is 1. The minimum absolute atomic E-state index is 0.0254. The highest BCUT2D eigenvalue weighted by atomic mass is 32.2. The Morgan fingerprint density at radius 2 is 1.70 bits per heavy atom. The van der Waals surface area contributed by atoms with Gasteiger partial charge in [0.15, 0.2) is 15.0 Å². The molecule has 0 radical (unpaired) electrons. The van der Waals surface area contributed by atoms with Crippen LogP contribution in [0.3, 0.4) is 0 Å². The van der Waals surface area contributed by atoms with Crippen molar-refractivity contribution in [2.75, 3.05) is 24.7 Å². The average Bonchev–Trinajstić information content (AvgIpc) is 3.49. The van der Waals surface area contributed by atoms with E-state index in [0.717, 1.165) is 50.1 Å². The zero-order chi connectivity index (χ0) is 46.0. The molecule has 0 spiro atoms. The summed E-state index contributed by atoms with van der Waals surface area (Å²) in [6.45, 7) is 9.01. The van der Waals surface area contributed by atoms with Crippen LogP contribution in [0.2, 0.25) is 0 Å². The molecular formula is C46H65N7O9S2. The van der Waals surface area contributed by atoms with Crippen molar-refractivity contribution in [2.45, 2.75) is 165 Å². The van der Waals surface area contributed by atoms with Crippen LogP contribution in [0.5, 0.6) is 11.5 Å². The van der Waals surface area contributed by atoms with Gasteiger partial charge in [0, 0.05) is 35.4 Å². The summed E-state index contributed by atoms with van der Waals surface area (Å²) in [4.78, 5) is 67.4. The number of sulfone groups is 1. The topological polar surface area (TPSA) is 218 Å². The van der Waals surface area contributed by atoms with Crippen molar-refractivity contribution in [3.63, 3.8) is 0 Å². The fourth-order valence-electron chi connectivity index (χ4n) is 9.52. The Balaban J connectivity index is 1.20. The predicted octanol–water partition coefficient (Wildman–Crippen LogP) is 6.82. The van der Waals surface area contributed by atoms with Crippen LogP contribution < -0.4 is 30.7 Å². The number of amides is 4. The Hall–Kier alpha value is -4.71. The summed E-state index contributed by atoms with van der Waals surface area (Å²) in [5.74, 6) is -1.57. The van der Waals surface area contributed by atoms with E-state index in [0.29, 0.717) is 72.3 Å². The highest BCUT2D eigenvalue weighted by Crippen LogP contribution is 2.48. The number of fused-ring (bicyclic) bond motifs is 3. The van der Waals surface area contributed by atoms with Gasteiger partial charge in [-0.3, -0.25) is 9.59 Å². The van der Waals surface area contributed by atoms with Crippen molar-refractivity contribution in [3.8, 4) is 22.9 Å². The number of aromatic nitrogens is 2. The molecule has 2 aliphatic carbocycles. The number of carbonyl (C=O) groups is 4. The molecule has 4 aliphatic rings. The van der Waals surface area contributed by atoms with Crippen LogP contribution in [0.4, 0.5) is 9.93 Å². The molecular weight excluding hydrogens is 859 g/mol. The van der Waals surface area contributed by atoms with E-state index < -0.39 is 67.7 Å². The molecule has 2 saturated heterocycles. The van der Waals surface area contributed by atoms with Crippen molar-refractivity contribution in [1.29, 1.82) is 0 Å². The third-order valence-corrected chi connectivity index (χ3v) is 16.9. The lowest BCUT2D eigenvalue weighted by atomic mass is 9.83. The maximum Gasteiger partial charge on any atom is 0.329 e. The Morgan fingerprint density at radius 1 is 1.00 bits per heavy atom. The number of pyridine rings is 1. The second-order valence-corrected chi connectivity index (χ2v) is 23.2. The van der Waals surface area contributed by atoms with Gasteiger partial charge in [0.05, 0.1) is 40.9 Å². The molecule has 1 unspecified atom stereocenters. The average molecular weight is 924 g/mol. The molecule has 2 saturated carbocycles. The standard InChI is InChI=1S/C46H65N7O9S2/c1-28(2)47-43-50-36(26-63-43)35-23-38(32-18-17-30(61-6)21-34(32)48-35)62-31-22-37-39(54)51-46(41(56)57)24-29(46)15-11-8-7-9-12-16-33(40(55)53(37)25-31)49-42(58)52-45(19-13-10-14-20-45)27-64(59,60)44(3,4)5/h17-18,21,23,26,28-29,31,33,37H,7-16,19-20,22,24-25,27H2,1-6H3,(H,47,50)(H,51,54)(H,56,57)(H2,49,52,58)/t29?,31-,33+,37+,46-/m1/s1. The largest absolute Gasteiger partial charge is 0.497 e. The molecule has 64 heavy (non-hydrogen) atoms. The second-order valence-electron chi connectivity index (χ2n) is 19.6. The first-order valence-electron chi connectivity index (χ1n) is 22.9. The molecule has 5 atom stereocenters. The van der Waals surface area contributed by atoms with Crippen LogP contribution in [0.25, 0.3) is 22.3 Å². The Bertz CT molecular complexity index is 2320. The molecule has 0 bridgehead atoms. The molecule has 2 aromatic heterocycles. The molecule has 7 rings (SSSR count). The van der Waals surface area contributed by atoms with Gasteiger partial charge >= 0.3 is 12.0 Å². The van der Waals surface area contributed by atoms with Gasteiger partial charge in [0.1, 0.15) is 40.9 Å². The lowest BCUT2D eigenvalue weighted by molar-refractivity contribution is -0.145. The van der Waals surface area contributed by atoms with E-state index in [1.165, 1.54) is 16.2 Å². The third kappa shape index (κ3) is 10.5. The minimum Gasteiger partial charge on any atom is -0.497 e. The first kappa shape index (κ1) is 47.3. The van der Waals surface area contributed by atoms with Crippen LogP contribution in [-0.4, -0.2) is 112 Å². The fourth-order valence-corrected chi connectivity index (χ4v) is 11.9. The molecule has 3 aromatic rings. The number of nitrogens with zero attached hydrogens (tertiary/aromatic N) is 3. The Labute approximate surface area is 380 Å². The SMILES string of the molecule is COc1ccc2c(O[C@@H]3C[C@H]4C(=O)N[C@]5(C(=O)O)CC5CCCCCCC[C@H](NC(=O)NC5(CS(=O)(=O)C(C)(C)C)CCCCC5)C(=O)N4C3)cc(-c3csc(NC(C)C)n3)nc2c1. The summed E-state index contributed by atoms with van der Waals surface area (Å²) in [5.41, 5.74) is -0.651. The molecule has 16 nitrogen and oxygen atoms in total. The van der Waals surface area contributed by atoms with Crippen molar-refractivity contribution < 1.29 is 42.2 Å². The molecule has 350 valence electrons. The summed E-state index contributed by atoms with van der Waals surface area (Å²) >= 11 is 1.46. The van der Waals surface area contributed by atoms with Gasteiger partial charge in [-0.1, -0.05) is 51.4 Å². The predicted molar refractivity (Wildman–Crippen MR) is 246 cm³/mol. The number of hydrogen-bond donors (Lipinski definition) is 5. The molecule has 2 aliphatic heterocycles. The number of nitrogens with one attached hydrogen (secondary N) is 4. The summed E-state index contributed by atoms with van der Waals surface area (Å²) in [5, 5.41) is 25.9. The number of rotatable bonds is 11. The van der Waals surface area contributed by atoms with E-state index in [1.807, 2.05) is 25.3 Å². The maximum absolute atomic E-state index is 15.0. The summed E-state index contributed by atoms with van der Waals surface area (Å²) in [7, 11) is -2.04. The summed E-state index contributed by atoms with van der Waals surface area (Å²) < 4.78 is 38.4. The normalized spacial score (nSPS) is 25.6. The second kappa shape index (κ2) is 19.0. The first-order chi connectivity index (χ1) is 30.3. The van der Waals surface area contributed by atoms with Crippen LogP contribution in [0.15, 0.2) is 29.6 Å². The quantitative estimate of drug-likeness (QED) is 0.134. The lowest BCUT2D eigenvalue weighted by Gasteiger charge is -2.40. The highest BCUT2D eigenvalue weighted by molar-refractivity contribution is 7.92. The number of anilines is 1. The van der Waals surface area contributed by atoms with E-state index in [9.17, 15) is 32.7 Å². The number of carbonyl (C=O) groups excluding carboxylic acids is 3. The van der Waals surface area contributed by atoms with Gasteiger partial charge in [-0.15, -0.1) is 11.3 Å². The van der Waals surface area contributed by atoms with Crippen molar-refractivity contribution in [3.05, 3.63) is 29.6 Å². The summed E-state index contributed by atoms with van der Waals surface area (Å²) in [6.07, 6.45) is 8.00. The Morgan fingerprint density at radius 3 is 2.39 bits per heavy atom. The molecule has 4 heterocycles. The van der Waals surface area contributed by atoms with Crippen molar-refractivity contribution >= 4 is 61.0 Å². The van der Waals surface area contributed by atoms with Gasteiger partial charge in [-0.05, 0) is 84.8 Å². The number of aliphatic carboxylic acids is 1. The summed E-state index contributed by atoms with van der Waals surface area (Å²) in [6, 6.07) is 4.61. The van der Waals surface area contributed by atoms with Gasteiger partial charge in [0.25, 0.3) is 0 Å². The van der Waals surface area contributed by atoms with E-state index in [-0.39, 0.29) is 30.7 Å². The number of carboxylic acids is 1. The van der Waals surface area contributed by atoms with Crippen LogP contribution >= 0.6 is 11.3 Å². The number of hydrogen-bond acceptors (Lipinski definition) is 12. The van der Waals surface area contributed by atoms with Crippen molar-refractivity contribution in [1.82, 2.24) is 30.8 Å².